The number of H-pyrrole nitrogens is 1. The van der Waals surface area contributed by atoms with Gasteiger partial charge in [-0.1, -0.05) is 19.9 Å². The third kappa shape index (κ3) is 8.03. The molecule has 41 heavy (non-hydrogen) atoms. The normalized spacial score (nSPS) is 12.1. The van der Waals surface area contributed by atoms with E-state index in [9.17, 15) is 23.6 Å². The van der Waals surface area contributed by atoms with Crippen LogP contribution in [0.3, 0.4) is 0 Å². The third-order valence-corrected chi connectivity index (χ3v) is 6.45. The number of amides is 3. The van der Waals surface area contributed by atoms with E-state index < -0.39 is 29.4 Å². The molecule has 3 amide bonds. The molecule has 0 bridgehead atoms. The maximum absolute atomic E-state index is 14.5. The highest BCUT2D eigenvalue weighted by molar-refractivity contribution is 5.96. The largest absolute Gasteiger partial charge is 0.453 e. The number of hydrogen-bond acceptors (Lipinski definition) is 6. The molecule has 0 saturated carbocycles. The van der Waals surface area contributed by atoms with Gasteiger partial charge in [-0.05, 0) is 56.4 Å². The van der Waals surface area contributed by atoms with Crippen molar-refractivity contribution < 1.29 is 23.5 Å². The maximum Gasteiger partial charge on any atom is 0.407 e. The monoisotopic (exact) mass is 568 g/mol. The molecule has 3 heterocycles. The number of pyridine rings is 2. The van der Waals surface area contributed by atoms with E-state index in [0.29, 0.717) is 41.1 Å². The van der Waals surface area contributed by atoms with Crippen molar-refractivity contribution in [3.8, 4) is 0 Å². The van der Waals surface area contributed by atoms with Gasteiger partial charge in [0.25, 0.3) is 5.56 Å². The molecule has 0 aliphatic heterocycles. The second-order valence-corrected chi connectivity index (χ2v) is 10.4. The Morgan fingerprint density at radius 2 is 1.98 bits per heavy atom. The number of carbonyl (C=O) groups excluding carboxylic acids is 3. The van der Waals surface area contributed by atoms with Crippen molar-refractivity contribution in [1.82, 2.24) is 24.8 Å². The summed E-state index contributed by atoms with van der Waals surface area (Å²) in [5.41, 5.74) is 2.13. The first-order valence-electron chi connectivity index (χ1n) is 13.3. The van der Waals surface area contributed by atoms with E-state index in [1.807, 2.05) is 0 Å². The fourth-order valence-corrected chi connectivity index (χ4v) is 4.24. The van der Waals surface area contributed by atoms with Crippen molar-refractivity contribution in [1.29, 1.82) is 0 Å². The molecule has 0 aliphatic carbocycles. The van der Waals surface area contributed by atoms with Crippen molar-refractivity contribution in [2.45, 2.75) is 52.6 Å². The van der Waals surface area contributed by atoms with Crippen molar-refractivity contribution in [2.24, 2.45) is 5.92 Å². The lowest BCUT2D eigenvalue weighted by molar-refractivity contribution is -0.123. The average Bonchev–Trinajstić information content (AvgIpc) is 3.36. The van der Waals surface area contributed by atoms with Crippen LogP contribution < -0.4 is 16.2 Å². The number of aryl methyl sites for hydroxylation is 1. The van der Waals surface area contributed by atoms with Gasteiger partial charge in [-0.15, -0.1) is 0 Å². The number of aromatic nitrogens is 3. The number of allylic oxidation sites excluding steroid dienone is 1. The Morgan fingerprint density at radius 1 is 1.24 bits per heavy atom. The van der Waals surface area contributed by atoms with Crippen molar-refractivity contribution >= 4 is 34.5 Å². The van der Waals surface area contributed by atoms with Gasteiger partial charge in [0.05, 0.1) is 31.1 Å². The second kappa shape index (κ2) is 13.7. The summed E-state index contributed by atoms with van der Waals surface area (Å²) in [6, 6.07) is 3.81. The van der Waals surface area contributed by atoms with E-state index in [1.165, 1.54) is 34.9 Å². The fraction of sp³-hybridized carbons (Fsp3) is 0.414. The SMILES string of the molecule is COC(=O)NC(CCC=CC(=O)N(C)C)C(=O)Nc1ccc(C)n(Cc2cc3c(F)cnc(CC(C)C)c3[nH]2)c1=O. The number of aromatic amines is 1. The van der Waals surface area contributed by atoms with Gasteiger partial charge < -0.3 is 29.8 Å². The molecule has 3 aromatic rings. The van der Waals surface area contributed by atoms with Gasteiger partial charge in [-0.2, -0.15) is 0 Å². The molecular weight excluding hydrogens is 531 g/mol. The summed E-state index contributed by atoms with van der Waals surface area (Å²) in [6.07, 6.45) is 4.52. The van der Waals surface area contributed by atoms with Crippen molar-refractivity contribution in [3.05, 3.63) is 69.8 Å². The Labute approximate surface area is 237 Å². The van der Waals surface area contributed by atoms with Crippen LogP contribution in [-0.2, 0) is 27.3 Å². The number of hydrogen-bond donors (Lipinski definition) is 3. The Balaban J connectivity index is 1.83. The number of carbonyl (C=O) groups is 3. The second-order valence-electron chi connectivity index (χ2n) is 10.4. The topological polar surface area (TPSA) is 138 Å². The number of anilines is 1. The molecule has 12 heteroatoms. The number of nitrogens with one attached hydrogen (secondary N) is 3. The number of nitrogens with zero attached hydrogens (tertiary/aromatic N) is 3. The van der Waals surface area contributed by atoms with E-state index >= 15 is 0 Å². The van der Waals surface area contributed by atoms with Crippen LogP contribution in [0.2, 0.25) is 0 Å². The van der Waals surface area contributed by atoms with Crippen LogP contribution in [0.1, 0.15) is 43.8 Å². The van der Waals surface area contributed by atoms with E-state index in [4.69, 9.17) is 0 Å². The van der Waals surface area contributed by atoms with Gasteiger partial charge in [-0.3, -0.25) is 19.4 Å². The summed E-state index contributed by atoms with van der Waals surface area (Å²) < 4.78 is 20.6. The number of rotatable bonds is 11. The molecule has 220 valence electrons. The lowest BCUT2D eigenvalue weighted by Crippen LogP contribution is -2.44. The summed E-state index contributed by atoms with van der Waals surface area (Å²) in [5, 5.41) is 5.47. The highest BCUT2D eigenvalue weighted by atomic mass is 19.1. The quantitative estimate of drug-likeness (QED) is 0.303. The molecule has 0 aliphatic rings. The molecule has 0 fully saturated rings. The number of fused-ring (bicyclic) bond motifs is 1. The average molecular weight is 569 g/mol. The molecular formula is C29H37FN6O5. The zero-order valence-electron chi connectivity index (χ0n) is 24.2. The van der Waals surface area contributed by atoms with Crippen LogP contribution in [0.4, 0.5) is 14.9 Å². The standard InChI is InChI=1S/C29H37FN6O5/c1-17(2)13-24-26-20(21(30)15-31-24)14-19(32-26)16-36-18(3)11-12-23(28(36)39)33-27(38)22(34-29(40)41-6)9-7-8-10-25(37)35(4)5/h8,10-12,14-15,17,22,32H,7,9,13,16H2,1-6H3,(H,33,38)(H,34,40). The molecule has 0 aromatic carbocycles. The molecule has 0 spiro atoms. The minimum atomic E-state index is -1.03. The maximum atomic E-state index is 14.5. The Bertz CT molecular complexity index is 1510. The van der Waals surface area contributed by atoms with Gasteiger partial charge in [0.2, 0.25) is 11.8 Å². The van der Waals surface area contributed by atoms with Gasteiger partial charge in [0.15, 0.2) is 5.82 Å². The molecule has 1 atom stereocenters. The predicted octanol–water partition coefficient (Wildman–Crippen LogP) is 3.51. The lowest BCUT2D eigenvalue weighted by atomic mass is 10.1. The molecule has 3 rings (SSSR count). The highest BCUT2D eigenvalue weighted by Crippen LogP contribution is 2.23. The minimum Gasteiger partial charge on any atom is -0.453 e. The molecule has 0 saturated heterocycles. The third-order valence-electron chi connectivity index (χ3n) is 6.45. The van der Waals surface area contributed by atoms with Gasteiger partial charge >= 0.3 is 6.09 Å². The fourth-order valence-electron chi connectivity index (χ4n) is 4.24. The van der Waals surface area contributed by atoms with Crippen LogP contribution in [0.25, 0.3) is 10.9 Å². The molecule has 3 aromatic heterocycles. The number of methoxy groups -OCH3 is 1. The number of alkyl carbamates (subject to hydrolysis) is 1. The van der Waals surface area contributed by atoms with Crippen LogP contribution >= 0.6 is 0 Å². The van der Waals surface area contributed by atoms with E-state index in [1.54, 1.807) is 39.2 Å². The van der Waals surface area contributed by atoms with E-state index in [2.05, 4.69) is 39.2 Å². The molecule has 1 unspecified atom stereocenters. The summed E-state index contributed by atoms with van der Waals surface area (Å²) >= 11 is 0. The summed E-state index contributed by atoms with van der Waals surface area (Å²) in [7, 11) is 4.41. The number of halogens is 1. The predicted molar refractivity (Wildman–Crippen MR) is 154 cm³/mol. The van der Waals surface area contributed by atoms with Crippen LogP contribution in [-0.4, -0.2) is 64.6 Å². The Kier molecular flexibility index (Phi) is 10.4. The first kappa shape index (κ1) is 31.1. The Morgan fingerprint density at radius 3 is 2.63 bits per heavy atom. The highest BCUT2D eigenvalue weighted by Gasteiger charge is 2.22. The van der Waals surface area contributed by atoms with Gasteiger partial charge in [0.1, 0.15) is 11.7 Å². The van der Waals surface area contributed by atoms with E-state index in [0.717, 1.165) is 5.69 Å². The summed E-state index contributed by atoms with van der Waals surface area (Å²) in [5.74, 6) is -0.961. The molecule has 0 radical (unpaired) electrons. The van der Waals surface area contributed by atoms with Gasteiger partial charge in [-0.25, -0.2) is 9.18 Å². The lowest BCUT2D eigenvalue weighted by Gasteiger charge is -2.18. The first-order chi connectivity index (χ1) is 19.4. The summed E-state index contributed by atoms with van der Waals surface area (Å²) in [6.45, 7) is 5.97. The van der Waals surface area contributed by atoms with Gasteiger partial charge in [0, 0.05) is 30.9 Å². The first-order valence-corrected chi connectivity index (χ1v) is 13.3. The molecule has 3 N–H and O–H groups in total. The van der Waals surface area contributed by atoms with Crippen LogP contribution in [0.5, 0.6) is 0 Å². The zero-order chi connectivity index (χ0) is 30.3. The van der Waals surface area contributed by atoms with Crippen LogP contribution in [0.15, 0.2) is 41.3 Å². The van der Waals surface area contributed by atoms with Crippen molar-refractivity contribution in [3.63, 3.8) is 0 Å². The smallest absolute Gasteiger partial charge is 0.407 e. The summed E-state index contributed by atoms with van der Waals surface area (Å²) in [4.78, 5) is 59.0. The van der Waals surface area contributed by atoms with E-state index in [-0.39, 0.29) is 24.6 Å². The number of ether oxygens (including phenoxy) is 1. The van der Waals surface area contributed by atoms with Crippen LogP contribution in [0, 0.1) is 18.7 Å². The van der Waals surface area contributed by atoms with Crippen molar-refractivity contribution in [2.75, 3.05) is 26.5 Å². The Hall–Kier alpha value is -4.48. The number of likely N-dealkylation sites (N-methyl/N-ethyl adjacent to an activating group) is 1. The zero-order valence-corrected chi connectivity index (χ0v) is 24.2. The molecule has 11 nitrogen and oxygen atoms in total. The minimum absolute atomic E-state index is 0.0139.